The van der Waals surface area contributed by atoms with Gasteiger partial charge in [0.25, 0.3) is 0 Å². The molecule has 0 aromatic carbocycles. The molecule has 0 radical (unpaired) electrons. The lowest BCUT2D eigenvalue weighted by atomic mass is 9.97. The van der Waals surface area contributed by atoms with Crippen molar-refractivity contribution in [3.63, 3.8) is 0 Å². The van der Waals surface area contributed by atoms with Gasteiger partial charge in [-0.25, -0.2) is 0 Å². The van der Waals surface area contributed by atoms with Crippen molar-refractivity contribution in [1.29, 1.82) is 0 Å². The maximum Gasteiger partial charge on any atom is 0.0765 e. The van der Waals surface area contributed by atoms with Crippen LogP contribution in [-0.4, -0.2) is 40.4 Å². The highest BCUT2D eigenvalue weighted by Crippen LogP contribution is 2.30. The van der Waals surface area contributed by atoms with Crippen molar-refractivity contribution >= 4 is 0 Å². The summed E-state index contributed by atoms with van der Waals surface area (Å²) < 4.78 is 2.13. The summed E-state index contributed by atoms with van der Waals surface area (Å²) >= 11 is 0. The molecule has 2 fully saturated rings. The quantitative estimate of drug-likeness (QED) is 0.838. The molecule has 1 N–H and O–H groups in total. The van der Waals surface area contributed by atoms with Gasteiger partial charge in [0.2, 0.25) is 0 Å². The average Bonchev–Trinajstić information content (AvgIpc) is 3.26. The first-order valence-corrected chi connectivity index (χ1v) is 8.75. The van der Waals surface area contributed by atoms with Crippen LogP contribution >= 0.6 is 0 Å². The van der Waals surface area contributed by atoms with E-state index in [1.165, 1.54) is 51.0 Å². The van der Waals surface area contributed by atoms with E-state index in [0.717, 1.165) is 24.9 Å². The molecule has 2 heterocycles. The molecule has 4 nitrogen and oxygen atoms in total. The molecule has 1 aliphatic heterocycles. The van der Waals surface area contributed by atoms with E-state index in [9.17, 15) is 0 Å². The van der Waals surface area contributed by atoms with Gasteiger partial charge in [-0.2, -0.15) is 5.10 Å². The monoisotopic (exact) mass is 290 g/mol. The molecule has 1 atom stereocenters. The standard InChI is InChI=1S/C17H30N4/c1-3-14(2)21-11-8-16(19-21)13-20(17-4-5-17)12-15-6-9-18-10-7-15/h8,11,14-15,17-18H,3-7,9-10,12-13H2,1-2H3. The topological polar surface area (TPSA) is 33.1 Å². The molecule has 4 heteroatoms. The molecule has 118 valence electrons. The molecule has 1 aromatic heterocycles. The molecule has 1 saturated heterocycles. The zero-order chi connectivity index (χ0) is 14.7. The number of piperidine rings is 1. The maximum atomic E-state index is 4.79. The summed E-state index contributed by atoms with van der Waals surface area (Å²) in [5.74, 6) is 0.878. The third-order valence-corrected chi connectivity index (χ3v) is 5.09. The van der Waals surface area contributed by atoms with Gasteiger partial charge in [-0.05, 0) is 64.1 Å². The number of rotatable bonds is 7. The van der Waals surface area contributed by atoms with E-state index in [-0.39, 0.29) is 0 Å². The van der Waals surface area contributed by atoms with Crippen molar-refractivity contribution in [3.8, 4) is 0 Å². The van der Waals surface area contributed by atoms with Crippen LogP contribution in [0.1, 0.15) is 57.7 Å². The Hall–Kier alpha value is -0.870. The van der Waals surface area contributed by atoms with Gasteiger partial charge in [0, 0.05) is 31.4 Å². The third-order valence-electron chi connectivity index (χ3n) is 5.09. The molecule has 21 heavy (non-hydrogen) atoms. The van der Waals surface area contributed by atoms with Crippen LogP contribution in [-0.2, 0) is 6.54 Å². The highest BCUT2D eigenvalue weighted by atomic mass is 15.3. The number of nitrogens with zero attached hydrogens (tertiary/aromatic N) is 3. The maximum absolute atomic E-state index is 4.79. The van der Waals surface area contributed by atoms with Crippen molar-refractivity contribution in [2.24, 2.45) is 5.92 Å². The Morgan fingerprint density at radius 1 is 1.33 bits per heavy atom. The zero-order valence-corrected chi connectivity index (χ0v) is 13.6. The minimum absolute atomic E-state index is 0.512. The van der Waals surface area contributed by atoms with Crippen molar-refractivity contribution in [2.75, 3.05) is 19.6 Å². The van der Waals surface area contributed by atoms with Crippen molar-refractivity contribution in [1.82, 2.24) is 20.0 Å². The Bertz CT molecular complexity index is 432. The van der Waals surface area contributed by atoms with Gasteiger partial charge in [-0.3, -0.25) is 9.58 Å². The second-order valence-corrected chi connectivity index (χ2v) is 6.90. The van der Waals surface area contributed by atoms with Crippen molar-refractivity contribution < 1.29 is 0 Å². The summed E-state index contributed by atoms with van der Waals surface area (Å²) in [7, 11) is 0. The van der Waals surface area contributed by atoms with Gasteiger partial charge in [0.15, 0.2) is 0 Å². The lowest BCUT2D eigenvalue weighted by Crippen LogP contribution is -2.37. The molecular weight excluding hydrogens is 260 g/mol. The van der Waals surface area contributed by atoms with E-state index in [4.69, 9.17) is 5.10 Å². The van der Waals surface area contributed by atoms with E-state index in [1.807, 2.05) is 0 Å². The van der Waals surface area contributed by atoms with E-state index < -0.39 is 0 Å². The lowest BCUT2D eigenvalue weighted by Gasteiger charge is -2.29. The van der Waals surface area contributed by atoms with Crippen molar-refractivity contribution in [2.45, 2.75) is 64.6 Å². The fraction of sp³-hybridized carbons (Fsp3) is 0.824. The van der Waals surface area contributed by atoms with E-state index in [0.29, 0.717) is 6.04 Å². The van der Waals surface area contributed by atoms with Gasteiger partial charge in [-0.15, -0.1) is 0 Å². The molecule has 0 spiro atoms. The molecule has 2 aliphatic rings. The molecular formula is C17H30N4. The van der Waals surface area contributed by atoms with E-state index in [2.05, 4.69) is 41.0 Å². The first kappa shape index (κ1) is 15.0. The molecule has 1 aliphatic carbocycles. The highest BCUT2D eigenvalue weighted by Gasteiger charge is 2.31. The predicted molar refractivity (Wildman–Crippen MR) is 86.3 cm³/mol. The second-order valence-electron chi connectivity index (χ2n) is 6.90. The summed E-state index contributed by atoms with van der Waals surface area (Å²) in [5.41, 5.74) is 1.25. The average molecular weight is 290 g/mol. The fourth-order valence-electron chi connectivity index (χ4n) is 3.28. The van der Waals surface area contributed by atoms with Gasteiger partial charge in [-0.1, -0.05) is 6.92 Å². The summed E-state index contributed by atoms with van der Waals surface area (Å²) in [6.07, 6.45) is 8.74. The van der Waals surface area contributed by atoms with Crippen LogP contribution in [0.3, 0.4) is 0 Å². The fourth-order valence-corrected chi connectivity index (χ4v) is 3.28. The number of hydrogen-bond acceptors (Lipinski definition) is 3. The van der Waals surface area contributed by atoms with Crippen LogP contribution in [0.25, 0.3) is 0 Å². The summed E-state index contributed by atoms with van der Waals surface area (Å²) in [4.78, 5) is 2.69. The van der Waals surface area contributed by atoms with Gasteiger partial charge in [0.1, 0.15) is 0 Å². The molecule has 0 bridgehead atoms. The largest absolute Gasteiger partial charge is 0.317 e. The van der Waals surface area contributed by atoms with Crippen LogP contribution in [0.15, 0.2) is 12.3 Å². The van der Waals surface area contributed by atoms with Crippen molar-refractivity contribution in [3.05, 3.63) is 18.0 Å². The second kappa shape index (κ2) is 6.93. The van der Waals surface area contributed by atoms with Crippen LogP contribution in [0.4, 0.5) is 0 Å². The number of hydrogen-bond donors (Lipinski definition) is 1. The van der Waals surface area contributed by atoms with Gasteiger partial charge in [0.05, 0.1) is 5.69 Å². The predicted octanol–water partition coefficient (Wildman–Crippen LogP) is 2.82. The number of nitrogens with one attached hydrogen (secondary N) is 1. The van der Waals surface area contributed by atoms with E-state index in [1.54, 1.807) is 0 Å². The summed E-state index contributed by atoms with van der Waals surface area (Å²) in [6.45, 7) is 9.17. The Morgan fingerprint density at radius 2 is 2.10 bits per heavy atom. The Labute approximate surface area is 128 Å². The molecule has 0 amide bonds. The lowest BCUT2D eigenvalue weighted by molar-refractivity contribution is 0.188. The Morgan fingerprint density at radius 3 is 2.76 bits per heavy atom. The molecule has 1 saturated carbocycles. The first-order valence-electron chi connectivity index (χ1n) is 8.75. The first-order chi connectivity index (χ1) is 10.3. The Kier molecular flexibility index (Phi) is 4.96. The molecule has 1 aromatic rings. The minimum atomic E-state index is 0.512. The van der Waals surface area contributed by atoms with Gasteiger partial charge < -0.3 is 5.32 Å². The summed E-state index contributed by atoms with van der Waals surface area (Å²) in [6, 6.07) is 3.55. The third kappa shape index (κ3) is 4.07. The Balaban J connectivity index is 1.58. The minimum Gasteiger partial charge on any atom is -0.317 e. The zero-order valence-electron chi connectivity index (χ0n) is 13.6. The summed E-state index contributed by atoms with van der Waals surface area (Å²) in [5, 5.41) is 8.26. The smallest absolute Gasteiger partial charge is 0.0765 e. The van der Waals surface area contributed by atoms with Crippen LogP contribution in [0, 0.1) is 5.92 Å². The highest BCUT2D eigenvalue weighted by molar-refractivity contribution is 5.01. The molecule has 3 rings (SSSR count). The van der Waals surface area contributed by atoms with E-state index >= 15 is 0 Å². The van der Waals surface area contributed by atoms with Crippen LogP contribution in [0.5, 0.6) is 0 Å². The van der Waals surface area contributed by atoms with Crippen LogP contribution in [0.2, 0.25) is 0 Å². The molecule has 1 unspecified atom stereocenters. The normalized spacial score (nSPS) is 21.9. The number of aromatic nitrogens is 2. The van der Waals surface area contributed by atoms with Crippen LogP contribution < -0.4 is 5.32 Å². The van der Waals surface area contributed by atoms with Gasteiger partial charge >= 0.3 is 0 Å². The SMILES string of the molecule is CCC(C)n1ccc(CN(CC2CCNCC2)C2CC2)n1.